The predicted molar refractivity (Wildman–Crippen MR) is 79.3 cm³/mol. The van der Waals surface area contributed by atoms with Crippen molar-refractivity contribution in [1.29, 1.82) is 0 Å². The van der Waals surface area contributed by atoms with E-state index in [-0.39, 0.29) is 0 Å². The lowest BCUT2D eigenvalue weighted by Crippen LogP contribution is -2.35. The molecule has 1 saturated carbocycles. The number of hydrogen-bond donors (Lipinski definition) is 1. The Morgan fingerprint density at radius 2 is 2.21 bits per heavy atom. The first kappa shape index (κ1) is 14.3. The topological polar surface area (TPSA) is 36.4 Å². The van der Waals surface area contributed by atoms with Gasteiger partial charge in [0.2, 0.25) is 0 Å². The van der Waals surface area contributed by atoms with Crippen LogP contribution in [-0.2, 0) is 0 Å². The van der Waals surface area contributed by atoms with E-state index in [1.807, 2.05) is 19.2 Å². The van der Waals surface area contributed by atoms with Gasteiger partial charge in [0.05, 0.1) is 23.7 Å². The van der Waals surface area contributed by atoms with Crippen LogP contribution in [0.25, 0.3) is 0 Å². The average molecular weight is 262 g/mol. The van der Waals surface area contributed by atoms with E-state index in [4.69, 9.17) is 0 Å². The molecule has 2 unspecified atom stereocenters. The molecule has 1 aromatic heterocycles. The minimum Gasteiger partial charge on any atom is -0.387 e. The molecule has 1 aromatic rings. The van der Waals surface area contributed by atoms with Gasteiger partial charge >= 0.3 is 0 Å². The van der Waals surface area contributed by atoms with Crippen molar-refractivity contribution in [1.82, 2.24) is 4.98 Å². The van der Waals surface area contributed by atoms with Gasteiger partial charge in [0.1, 0.15) is 0 Å². The average Bonchev–Trinajstić information content (AvgIpc) is 2.46. The number of rotatable bonds is 4. The lowest BCUT2D eigenvalue weighted by molar-refractivity contribution is 0.169. The van der Waals surface area contributed by atoms with Gasteiger partial charge in [-0.05, 0) is 37.3 Å². The predicted octanol–water partition coefficient (Wildman–Crippen LogP) is 3.54. The molecule has 2 rings (SSSR count). The van der Waals surface area contributed by atoms with Gasteiger partial charge in [-0.25, -0.2) is 0 Å². The monoisotopic (exact) mass is 262 g/mol. The third kappa shape index (κ3) is 3.47. The smallest absolute Gasteiger partial charge is 0.0957 e. The maximum atomic E-state index is 9.77. The molecule has 3 heteroatoms. The van der Waals surface area contributed by atoms with Crippen LogP contribution in [0.1, 0.15) is 57.7 Å². The Morgan fingerprint density at radius 3 is 2.79 bits per heavy atom. The number of aromatic nitrogens is 1. The summed E-state index contributed by atoms with van der Waals surface area (Å²) in [4.78, 5) is 6.74. The highest BCUT2D eigenvalue weighted by molar-refractivity contribution is 5.45. The summed E-state index contributed by atoms with van der Waals surface area (Å²) in [7, 11) is 2.16. The molecule has 0 radical (unpaired) electrons. The molecule has 106 valence electrons. The van der Waals surface area contributed by atoms with E-state index in [9.17, 15) is 5.11 Å². The van der Waals surface area contributed by atoms with Gasteiger partial charge in [-0.1, -0.05) is 26.7 Å². The Kier molecular flexibility index (Phi) is 4.81. The largest absolute Gasteiger partial charge is 0.387 e. The van der Waals surface area contributed by atoms with E-state index in [1.54, 1.807) is 0 Å². The second kappa shape index (κ2) is 6.38. The fraction of sp³-hybridized carbons (Fsp3) is 0.688. The molecule has 1 heterocycles. The van der Waals surface area contributed by atoms with Gasteiger partial charge in [0.15, 0.2) is 0 Å². The van der Waals surface area contributed by atoms with Crippen LogP contribution in [0.4, 0.5) is 5.69 Å². The number of hydrogen-bond acceptors (Lipinski definition) is 3. The molecule has 19 heavy (non-hydrogen) atoms. The first-order valence-electron chi connectivity index (χ1n) is 7.48. The van der Waals surface area contributed by atoms with E-state index < -0.39 is 6.10 Å². The van der Waals surface area contributed by atoms with Crippen molar-refractivity contribution in [3.63, 3.8) is 0 Å². The molecular formula is C16H26N2O. The zero-order valence-corrected chi connectivity index (χ0v) is 12.3. The zero-order valence-electron chi connectivity index (χ0n) is 12.3. The Hall–Kier alpha value is -1.09. The zero-order chi connectivity index (χ0) is 13.8. The second-order valence-corrected chi connectivity index (χ2v) is 5.90. The van der Waals surface area contributed by atoms with Crippen molar-refractivity contribution in [2.24, 2.45) is 5.92 Å². The van der Waals surface area contributed by atoms with Gasteiger partial charge in [0, 0.05) is 13.1 Å². The van der Waals surface area contributed by atoms with Crippen molar-refractivity contribution in [2.75, 3.05) is 11.9 Å². The highest BCUT2D eigenvalue weighted by Gasteiger charge is 2.22. The fourth-order valence-corrected chi connectivity index (χ4v) is 2.98. The molecule has 0 bridgehead atoms. The van der Waals surface area contributed by atoms with Gasteiger partial charge in [-0.3, -0.25) is 4.98 Å². The summed E-state index contributed by atoms with van der Waals surface area (Å²) in [6.07, 6.45) is 7.42. The summed E-state index contributed by atoms with van der Waals surface area (Å²) in [5.41, 5.74) is 1.93. The third-order valence-electron chi connectivity index (χ3n) is 4.36. The molecule has 1 fully saturated rings. The van der Waals surface area contributed by atoms with Crippen LogP contribution in [0.15, 0.2) is 18.3 Å². The minimum absolute atomic E-state index is 0.436. The lowest BCUT2D eigenvalue weighted by atomic mass is 9.86. The number of nitrogens with zero attached hydrogens (tertiary/aromatic N) is 2. The highest BCUT2D eigenvalue weighted by Crippen LogP contribution is 2.29. The van der Waals surface area contributed by atoms with Crippen molar-refractivity contribution in [3.05, 3.63) is 24.0 Å². The molecule has 3 atom stereocenters. The first-order valence-corrected chi connectivity index (χ1v) is 7.48. The molecule has 1 aliphatic rings. The summed E-state index contributed by atoms with van der Waals surface area (Å²) in [6.45, 7) is 4.31. The van der Waals surface area contributed by atoms with Crippen LogP contribution in [0.2, 0.25) is 0 Å². The van der Waals surface area contributed by atoms with Gasteiger partial charge in [0.25, 0.3) is 0 Å². The van der Waals surface area contributed by atoms with Crippen LogP contribution >= 0.6 is 0 Å². The van der Waals surface area contributed by atoms with Crippen molar-refractivity contribution < 1.29 is 5.11 Å². The second-order valence-electron chi connectivity index (χ2n) is 5.90. The molecule has 1 N–H and O–H groups in total. The Labute approximate surface area is 116 Å². The molecule has 0 spiro atoms. The maximum absolute atomic E-state index is 9.77. The van der Waals surface area contributed by atoms with Crippen LogP contribution in [0, 0.1) is 5.92 Å². The summed E-state index contributed by atoms with van der Waals surface area (Å²) in [5, 5.41) is 9.77. The summed E-state index contributed by atoms with van der Waals surface area (Å²) < 4.78 is 0. The summed E-state index contributed by atoms with van der Waals surface area (Å²) >= 11 is 0. The Morgan fingerprint density at radius 1 is 1.42 bits per heavy atom. The highest BCUT2D eigenvalue weighted by atomic mass is 16.3. The van der Waals surface area contributed by atoms with Crippen molar-refractivity contribution in [3.8, 4) is 0 Å². The van der Waals surface area contributed by atoms with Crippen LogP contribution in [0.3, 0.4) is 0 Å². The first-order chi connectivity index (χ1) is 9.11. The molecule has 3 nitrogen and oxygen atoms in total. The molecule has 0 saturated heterocycles. The van der Waals surface area contributed by atoms with E-state index in [2.05, 4.69) is 29.9 Å². The Balaban J connectivity index is 2.04. The van der Waals surface area contributed by atoms with Crippen LogP contribution < -0.4 is 4.90 Å². The van der Waals surface area contributed by atoms with E-state index >= 15 is 0 Å². The Bertz CT molecular complexity index is 390. The number of aliphatic hydroxyl groups excluding tert-OH is 1. The van der Waals surface area contributed by atoms with Gasteiger partial charge in [-0.2, -0.15) is 0 Å². The fourth-order valence-electron chi connectivity index (χ4n) is 2.98. The number of pyridine rings is 1. The molecule has 1 aliphatic carbocycles. The number of aliphatic hydroxyl groups is 1. The van der Waals surface area contributed by atoms with Crippen LogP contribution in [0.5, 0.6) is 0 Å². The molecule has 0 amide bonds. The SMILES string of the molecule is CC[C@@H](O)c1ccc(N(C)C2CCCC(C)C2)cn1. The standard InChI is InChI=1S/C16H26N2O/c1-4-16(19)15-9-8-14(11-17-15)18(3)13-7-5-6-12(2)10-13/h8-9,11-13,16,19H,4-7,10H2,1-3H3/t12?,13?,16-/m1/s1. The van der Waals surface area contributed by atoms with E-state index in [0.717, 1.165) is 17.3 Å². The van der Waals surface area contributed by atoms with E-state index in [1.165, 1.54) is 25.7 Å². The van der Waals surface area contributed by atoms with Gasteiger partial charge < -0.3 is 10.0 Å². The molecule has 0 aliphatic heterocycles. The number of anilines is 1. The minimum atomic E-state index is -0.436. The molecular weight excluding hydrogens is 236 g/mol. The lowest BCUT2D eigenvalue weighted by Gasteiger charge is -2.35. The quantitative estimate of drug-likeness (QED) is 0.901. The molecule has 0 aromatic carbocycles. The van der Waals surface area contributed by atoms with Crippen molar-refractivity contribution >= 4 is 5.69 Å². The normalized spacial score (nSPS) is 25.1. The van der Waals surface area contributed by atoms with Crippen molar-refractivity contribution in [2.45, 2.75) is 58.1 Å². The summed E-state index contributed by atoms with van der Waals surface area (Å²) in [5.74, 6) is 0.829. The maximum Gasteiger partial charge on any atom is 0.0957 e. The van der Waals surface area contributed by atoms with E-state index in [0.29, 0.717) is 12.5 Å². The van der Waals surface area contributed by atoms with Crippen LogP contribution in [-0.4, -0.2) is 23.2 Å². The summed E-state index contributed by atoms with van der Waals surface area (Å²) in [6, 6.07) is 4.67. The van der Waals surface area contributed by atoms with Gasteiger partial charge in [-0.15, -0.1) is 0 Å². The third-order valence-corrected chi connectivity index (χ3v) is 4.36.